The molecule has 0 heterocycles. The number of hydrogen-bond acceptors (Lipinski definition) is 3. The summed E-state index contributed by atoms with van der Waals surface area (Å²) >= 11 is 0. The van der Waals surface area contributed by atoms with Crippen molar-refractivity contribution in [2.75, 3.05) is 0 Å². The fraction of sp³-hybridized carbons (Fsp3) is 0.462. The second-order valence-electron chi connectivity index (χ2n) is 4.92. The molecule has 94 valence electrons. The molecular formula is C13H18O4. The molecule has 0 unspecified atom stereocenters. The van der Waals surface area contributed by atoms with E-state index in [-0.39, 0.29) is 12.0 Å². The van der Waals surface area contributed by atoms with Gasteiger partial charge in [-0.25, -0.2) is 4.79 Å². The van der Waals surface area contributed by atoms with E-state index in [4.69, 9.17) is 9.84 Å². The largest absolute Gasteiger partial charge is 0.488 e. The van der Waals surface area contributed by atoms with Gasteiger partial charge in [0.15, 0.2) is 6.10 Å². The summed E-state index contributed by atoms with van der Waals surface area (Å²) in [6.07, 6.45) is -1.25. The lowest BCUT2D eigenvalue weighted by Crippen LogP contribution is -2.23. The van der Waals surface area contributed by atoms with Crippen LogP contribution in [-0.2, 0) is 11.2 Å². The normalized spacial score (nSPS) is 13.2. The minimum Gasteiger partial charge on any atom is -0.488 e. The second kappa shape index (κ2) is 5.19. The molecule has 0 spiro atoms. The maximum atomic E-state index is 10.5. The molecule has 0 fully saturated rings. The topological polar surface area (TPSA) is 66.8 Å². The highest BCUT2D eigenvalue weighted by Gasteiger charge is 2.14. The standard InChI is InChI=1S/C13H18O4/c1-13(2,3)17-10-6-4-9(5-7-10)8-11(14)12(15)16/h4-7,11,14H,8H2,1-3H3,(H,15,16)/t11-/m1/s1. The van der Waals surface area contributed by atoms with Crippen LogP contribution in [0, 0.1) is 0 Å². The van der Waals surface area contributed by atoms with Crippen LogP contribution in [-0.4, -0.2) is 27.9 Å². The molecule has 0 aromatic heterocycles. The van der Waals surface area contributed by atoms with E-state index in [0.717, 1.165) is 11.3 Å². The minimum atomic E-state index is -1.36. The van der Waals surface area contributed by atoms with Crippen molar-refractivity contribution in [1.29, 1.82) is 0 Å². The molecule has 0 aliphatic carbocycles. The number of aliphatic hydroxyl groups is 1. The number of hydrogen-bond donors (Lipinski definition) is 2. The van der Waals surface area contributed by atoms with E-state index in [2.05, 4.69) is 0 Å². The number of carboxylic acids is 1. The van der Waals surface area contributed by atoms with Crippen molar-refractivity contribution in [1.82, 2.24) is 0 Å². The SMILES string of the molecule is CC(C)(C)Oc1ccc(C[C@@H](O)C(=O)O)cc1. The molecule has 1 rings (SSSR count). The van der Waals surface area contributed by atoms with Crippen molar-refractivity contribution in [2.24, 2.45) is 0 Å². The molecule has 0 aliphatic rings. The Hall–Kier alpha value is -1.55. The van der Waals surface area contributed by atoms with E-state index in [1.165, 1.54) is 0 Å². The zero-order chi connectivity index (χ0) is 13.1. The Morgan fingerprint density at radius 1 is 1.29 bits per heavy atom. The van der Waals surface area contributed by atoms with E-state index in [0.29, 0.717) is 0 Å². The predicted molar refractivity (Wildman–Crippen MR) is 64.2 cm³/mol. The maximum absolute atomic E-state index is 10.5. The van der Waals surface area contributed by atoms with Crippen LogP contribution in [0.5, 0.6) is 5.75 Å². The average molecular weight is 238 g/mol. The summed E-state index contributed by atoms with van der Waals surface area (Å²) in [4.78, 5) is 10.5. The monoisotopic (exact) mass is 238 g/mol. The Morgan fingerprint density at radius 3 is 2.24 bits per heavy atom. The van der Waals surface area contributed by atoms with Crippen molar-refractivity contribution in [3.05, 3.63) is 29.8 Å². The second-order valence-corrected chi connectivity index (χ2v) is 4.92. The van der Waals surface area contributed by atoms with Crippen molar-refractivity contribution in [2.45, 2.75) is 38.9 Å². The van der Waals surface area contributed by atoms with Crippen molar-refractivity contribution < 1.29 is 19.7 Å². The Morgan fingerprint density at radius 2 is 1.82 bits per heavy atom. The van der Waals surface area contributed by atoms with Crippen LogP contribution in [0.1, 0.15) is 26.3 Å². The molecule has 0 amide bonds. The summed E-state index contributed by atoms with van der Waals surface area (Å²) in [7, 11) is 0. The van der Waals surface area contributed by atoms with Crippen LogP contribution in [0.2, 0.25) is 0 Å². The highest BCUT2D eigenvalue weighted by Crippen LogP contribution is 2.19. The van der Waals surface area contributed by atoms with Crippen LogP contribution in [0.15, 0.2) is 24.3 Å². The summed E-state index contributed by atoms with van der Waals surface area (Å²) < 4.78 is 5.63. The van der Waals surface area contributed by atoms with Gasteiger partial charge in [-0.15, -0.1) is 0 Å². The molecular weight excluding hydrogens is 220 g/mol. The van der Waals surface area contributed by atoms with Crippen LogP contribution in [0.4, 0.5) is 0 Å². The lowest BCUT2D eigenvalue weighted by Gasteiger charge is -2.21. The van der Waals surface area contributed by atoms with E-state index in [1.807, 2.05) is 20.8 Å². The third kappa shape index (κ3) is 4.87. The highest BCUT2D eigenvalue weighted by atomic mass is 16.5. The van der Waals surface area contributed by atoms with E-state index >= 15 is 0 Å². The number of carbonyl (C=O) groups is 1. The van der Waals surface area contributed by atoms with Gasteiger partial charge in [-0.2, -0.15) is 0 Å². The summed E-state index contributed by atoms with van der Waals surface area (Å²) in [6.45, 7) is 5.86. The Balaban J connectivity index is 2.65. The van der Waals surface area contributed by atoms with Crippen LogP contribution >= 0.6 is 0 Å². The molecule has 0 saturated heterocycles. The number of ether oxygens (including phenoxy) is 1. The fourth-order valence-corrected chi connectivity index (χ4v) is 1.36. The summed E-state index contributed by atoms with van der Waals surface area (Å²) in [5.74, 6) is -0.480. The zero-order valence-corrected chi connectivity index (χ0v) is 10.3. The van der Waals surface area contributed by atoms with Gasteiger partial charge in [-0.3, -0.25) is 0 Å². The van der Waals surface area contributed by atoms with Gasteiger partial charge >= 0.3 is 5.97 Å². The lowest BCUT2D eigenvalue weighted by molar-refractivity contribution is -0.146. The molecule has 4 nitrogen and oxygen atoms in total. The summed E-state index contributed by atoms with van der Waals surface area (Å²) in [6, 6.07) is 7.06. The van der Waals surface area contributed by atoms with E-state index in [1.54, 1.807) is 24.3 Å². The molecule has 1 aromatic carbocycles. The third-order valence-corrected chi connectivity index (χ3v) is 2.06. The number of aliphatic hydroxyl groups excluding tert-OH is 1. The van der Waals surface area contributed by atoms with Gasteiger partial charge in [0.05, 0.1) is 0 Å². The van der Waals surface area contributed by atoms with Gasteiger partial charge in [-0.05, 0) is 38.5 Å². The molecule has 1 aromatic rings. The minimum absolute atomic E-state index is 0.102. The van der Waals surface area contributed by atoms with Gasteiger partial charge in [0.2, 0.25) is 0 Å². The van der Waals surface area contributed by atoms with Gasteiger partial charge in [0, 0.05) is 6.42 Å². The van der Waals surface area contributed by atoms with Gasteiger partial charge in [0.1, 0.15) is 11.4 Å². The first kappa shape index (κ1) is 13.5. The molecule has 0 saturated carbocycles. The number of aliphatic carboxylic acids is 1. The predicted octanol–water partition coefficient (Wildman–Crippen LogP) is 1.85. The molecule has 0 aliphatic heterocycles. The Kier molecular flexibility index (Phi) is 4.12. The molecule has 4 heteroatoms. The van der Waals surface area contributed by atoms with Gasteiger partial charge in [-0.1, -0.05) is 12.1 Å². The van der Waals surface area contributed by atoms with Crippen molar-refractivity contribution >= 4 is 5.97 Å². The first-order valence-electron chi connectivity index (χ1n) is 5.47. The first-order chi connectivity index (χ1) is 7.78. The number of carboxylic acid groups (broad SMARTS) is 1. The highest BCUT2D eigenvalue weighted by molar-refractivity contribution is 5.72. The van der Waals surface area contributed by atoms with Gasteiger partial charge in [0.25, 0.3) is 0 Å². The molecule has 2 N–H and O–H groups in total. The average Bonchev–Trinajstić information content (AvgIpc) is 2.18. The zero-order valence-electron chi connectivity index (χ0n) is 10.3. The number of benzene rings is 1. The van der Waals surface area contributed by atoms with Crippen molar-refractivity contribution in [3.63, 3.8) is 0 Å². The first-order valence-corrected chi connectivity index (χ1v) is 5.47. The molecule has 0 radical (unpaired) electrons. The van der Waals surface area contributed by atoms with Crippen LogP contribution < -0.4 is 4.74 Å². The Bertz CT molecular complexity index is 375. The maximum Gasteiger partial charge on any atom is 0.332 e. The molecule has 1 atom stereocenters. The van der Waals surface area contributed by atoms with E-state index in [9.17, 15) is 9.90 Å². The smallest absolute Gasteiger partial charge is 0.332 e. The van der Waals surface area contributed by atoms with Crippen LogP contribution in [0.25, 0.3) is 0 Å². The van der Waals surface area contributed by atoms with E-state index < -0.39 is 12.1 Å². The Labute approximate surface area is 101 Å². The molecule has 0 bridgehead atoms. The quantitative estimate of drug-likeness (QED) is 0.840. The molecule has 17 heavy (non-hydrogen) atoms. The summed E-state index contributed by atoms with van der Waals surface area (Å²) in [5.41, 5.74) is 0.503. The number of rotatable bonds is 4. The fourth-order valence-electron chi connectivity index (χ4n) is 1.36. The third-order valence-electron chi connectivity index (χ3n) is 2.06. The van der Waals surface area contributed by atoms with Crippen molar-refractivity contribution in [3.8, 4) is 5.75 Å². The van der Waals surface area contributed by atoms with Gasteiger partial charge < -0.3 is 14.9 Å². The van der Waals surface area contributed by atoms with Crippen LogP contribution in [0.3, 0.4) is 0 Å². The lowest BCUT2D eigenvalue weighted by atomic mass is 10.1. The summed E-state index contributed by atoms with van der Waals surface area (Å²) in [5, 5.41) is 17.8.